The van der Waals surface area contributed by atoms with Gasteiger partial charge in [-0.1, -0.05) is 0 Å². The number of aliphatic carboxylic acids is 1. The zero-order chi connectivity index (χ0) is 13.6. The van der Waals surface area contributed by atoms with E-state index in [-0.39, 0.29) is 0 Å². The number of hydrazine groups is 1. The van der Waals surface area contributed by atoms with Crippen molar-refractivity contribution in [2.24, 2.45) is 5.73 Å². The summed E-state index contributed by atoms with van der Waals surface area (Å²) in [5.41, 5.74) is 8.39. The van der Waals surface area contributed by atoms with Crippen molar-refractivity contribution < 1.29 is 24.2 Å². The maximum atomic E-state index is 11.1. The van der Waals surface area contributed by atoms with Crippen molar-refractivity contribution in [1.29, 1.82) is 0 Å². The van der Waals surface area contributed by atoms with Gasteiger partial charge in [0.05, 0.1) is 6.42 Å². The molecule has 0 aliphatic carbocycles. The second kappa shape index (κ2) is 6.04. The topological polar surface area (TPSA) is 131 Å². The smallest absolute Gasteiger partial charge is 0.426 e. The molecule has 2 amide bonds. The summed E-state index contributed by atoms with van der Waals surface area (Å²) in [5, 5.41) is 8.44. The first-order chi connectivity index (χ1) is 7.61. The van der Waals surface area contributed by atoms with Gasteiger partial charge in [0.25, 0.3) is 0 Å². The Morgan fingerprint density at radius 2 is 1.82 bits per heavy atom. The monoisotopic (exact) mass is 247 g/mol. The van der Waals surface area contributed by atoms with Crippen LogP contribution in [-0.2, 0) is 14.3 Å². The molecule has 0 bridgehead atoms. The third-order valence-electron chi connectivity index (χ3n) is 1.43. The van der Waals surface area contributed by atoms with Gasteiger partial charge in [0.1, 0.15) is 11.6 Å². The van der Waals surface area contributed by atoms with Gasteiger partial charge in [0.2, 0.25) is 5.91 Å². The van der Waals surface area contributed by atoms with Crippen LogP contribution < -0.4 is 16.6 Å². The molecule has 0 aromatic carbocycles. The van der Waals surface area contributed by atoms with Crippen LogP contribution in [-0.4, -0.2) is 34.7 Å². The lowest BCUT2D eigenvalue weighted by Gasteiger charge is -2.19. The van der Waals surface area contributed by atoms with Gasteiger partial charge >= 0.3 is 12.1 Å². The molecule has 0 aliphatic rings. The molecule has 8 nitrogen and oxygen atoms in total. The van der Waals surface area contributed by atoms with Crippen LogP contribution >= 0.6 is 0 Å². The summed E-state index contributed by atoms with van der Waals surface area (Å²) in [6, 6.07) is -1.31. The fourth-order valence-electron chi connectivity index (χ4n) is 0.762. The number of hydrogen-bond donors (Lipinski definition) is 4. The van der Waals surface area contributed by atoms with Crippen LogP contribution in [0.4, 0.5) is 4.79 Å². The van der Waals surface area contributed by atoms with E-state index in [0.29, 0.717) is 0 Å². The molecule has 1 atom stereocenters. The molecule has 5 N–H and O–H groups in total. The highest BCUT2D eigenvalue weighted by molar-refractivity contribution is 5.85. The number of hydrogen-bond acceptors (Lipinski definition) is 5. The van der Waals surface area contributed by atoms with Gasteiger partial charge in [-0.15, -0.1) is 0 Å². The minimum absolute atomic E-state index is 0.439. The van der Waals surface area contributed by atoms with Crippen molar-refractivity contribution >= 4 is 18.0 Å². The van der Waals surface area contributed by atoms with Crippen LogP contribution in [0.3, 0.4) is 0 Å². The zero-order valence-electron chi connectivity index (χ0n) is 9.94. The summed E-state index contributed by atoms with van der Waals surface area (Å²) in [6.07, 6.45) is -1.28. The van der Waals surface area contributed by atoms with Crippen molar-refractivity contribution in [2.75, 3.05) is 0 Å². The molecular weight excluding hydrogens is 230 g/mol. The van der Waals surface area contributed by atoms with Crippen LogP contribution in [0.15, 0.2) is 0 Å². The summed E-state index contributed by atoms with van der Waals surface area (Å²) >= 11 is 0. The summed E-state index contributed by atoms with van der Waals surface area (Å²) in [7, 11) is 0. The highest BCUT2D eigenvalue weighted by atomic mass is 16.6. The first kappa shape index (κ1) is 15.2. The second-order valence-electron chi connectivity index (χ2n) is 4.32. The number of carboxylic acids is 1. The number of carbonyl (C=O) groups excluding carboxylic acids is 2. The first-order valence-corrected chi connectivity index (χ1v) is 4.88. The first-order valence-electron chi connectivity index (χ1n) is 4.88. The van der Waals surface area contributed by atoms with E-state index in [1.54, 1.807) is 20.8 Å². The Labute approximate surface area is 98.5 Å². The van der Waals surface area contributed by atoms with Gasteiger partial charge in [-0.3, -0.25) is 15.0 Å². The lowest BCUT2D eigenvalue weighted by atomic mass is 10.2. The molecule has 8 heteroatoms. The summed E-state index contributed by atoms with van der Waals surface area (Å²) in [6.45, 7) is 4.98. The standard InChI is InChI=1S/C9H17N3O5/c1-9(2,3)17-8(16)12-11-6(13)4-5(10)7(14)15/h5H,4,10H2,1-3H3,(H,11,13)(H,12,16)(H,14,15). The number of carbonyl (C=O) groups is 3. The Balaban J connectivity index is 3.93. The van der Waals surface area contributed by atoms with Gasteiger partial charge in [-0.25, -0.2) is 10.2 Å². The number of nitrogens with one attached hydrogen (secondary N) is 2. The van der Waals surface area contributed by atoms with E-state index in [0.717, 1.165) is 0 Å². The molecule has 0 aromatic rings. The van der Waals surface area contributed by atoms with E-state index in [1.807, 2.05) is 10.9 Å². The van der Waals surface area contributed by atoms with E-state index >= 15 is 0 Å². The molecule has 0 aromatic heterocycles. The van der Waals surface area contributed by atoms with E-state index in [2.05, 4.69) is 0 Å². The van der Waals surface area contributed by atoms with Crippen molar-refractivity contribution in [2.45, 2.75) is 38.8 Å². The number of nitrogens with two attached hydrogens (primary N) is 1. The van der Waals surface area contributed by atoms with Crippen molar-refractivity contribution in [3.63, 3.8) is 0 Å². The lowest BCUT2D eigenvalue weighted by Crippen LogP contribution is -2.46. The maximum Gasteiger partial charge on any atom is 0.426 e. The Morgan fingerprint density at radius 3 is 2.24 bits per heavy atom. The van der Waals surface area contributed by atoms with Crippen LogP contribution in [0.2, 0.25) is 0 Å². The molecule has 17 heavy (non-hydrogen) atoms. The Kier molecular flexibility index (Phi) is 5.39. The number of rotatable bonds is 3. The number of amides is 2. The van der Waals surface area contributed by atoms with E-state index in [9.17, 15) is 14.4 Å². The zero-order valence-corrected chi connectivity index (χ0v) is 9.94. The maximum absolute atomic E-state index is 11.1. The minimum Gasteiger partial charge on any atom is -0.480 e. The average Bonchev–Trinajstić information content (AvgIpc) is 2.11. The quantitative estimate of drug-likeness (QED) is 0.490. The number of carboxylic acid groups (broad SMARTS) is 1. The van der Waals surface area contributed by atoms with Gasteiger partial charge in [0.15, 0.2) is 0 Å². The van der Waals surface area contributed by atoms with Gasteiger partial charge in [0, 0.05) is 0 Å². The highest BCUT2D eigenvalue weighted by Gasteiger charge is 2.18. The van der Waals surface area contributed by atoms with Crippen LogP contribution in [0.25, 0.3) is 0 Å². The molecule has 1 unspecified atom stereocenters. The predicted molar refractivity (Wildman–Crippen MR) is 57.7 cm³/mol. The molecule has 0 fully saturated rings. The largest absolute Gasteiger partial charge is 0.480 e. The van der Waals surface area contributed by atoms with E-state index < -0.39 is 36.0 Å². The Hall–Kier alpha value is -1.83. The summed E-state index contributed by atoms with van der Waals surface area (Å²) < 4.78 is 4.83. The minimum atomic E-state index is -1.31. The third kappa shape index (κ3) is 8.03. The second-order valence-corrected chi connectivity index (χ2v) is 4.32. The fraction of sp³-hybridized carbons (Fsp3) is 0.667. The van der Waals surface area contributed by atoms with Gasteiger partial charge in [-0.05, 0) is 20.8 Å². The van der Waals surface area contributed by atoms with Gasteiger partial charge < -0.3 is 15.6 Å². The van der Waals surface area contributed by atoms with Gasteiger partial charge in [-0.2, -0.15) is 0 Å². The molecular formula is C9H17N3O5. The predicted octanol–water partition coefficient (Wildman–Crippen LogP) is -0.656. The highest BCUT2D eigenvalue weighted by Crippen LogP contribution is 2.05. The SMILES string of the molecule is CC(C)(C)OC(=O)NNC(=O)CC(N)C(=O)O. The Morgan fingerprint density at radius 1 is 1.29 bits per heavy atom. The summed E-state index contributed by atoms with van der Waals surface area (Å²) in [5.74, 6) is -2.01. The van der Waals surface area contributed by atoms with Crippen molar-refractivity contribution in [3.05, 3.63) is 0 Å². The molecule has 0 heterocycles. The Bertz CT molecular complexity index is 310. The summed E-state index contributed by atoms with van der Waals surface area (Å²) in [4.78, 5) is 32.5. The molecule has 0 saturated heterocycles. The van der Waals surface area contributed by atoms with Crippen LogP contribution in [0.1, 0.15) is 27.2 Å². The van der Waals surface area contributed by atoms with Crippen LogP contribution in [0, 0.1) is 0 Å². The van der Waals surface area contributed by atoms with E-state index in [1.165, 1.54) is 0 Å². The van der Waals surface area contributed by atoms with Crippen LogP contribution in [0.5, 0.6) is 0 Å². The van der Waals surface area contributed by atoms with E-state index in [4.69, 9.17) is 15.6 Å². The molecule has 0 radical (unpaired) electrons. The number of ether oxygens (including phenoxy) is 1. The fourth-order valence-corrected chi connectivity index (χ4v) is 0.762. The lowest BCUT2D eigenvalue weighted by molar-refractivity contribution is -0.140. The van der Waals surface area contributed by atoms with Crippen molar-refractivity contribution in [1.82, 2.24) is 10.9 Å². The molecule has 0 saturated carbocycles. The average molecular weight is 247 g/mol. The normalized spacial score (nSPS) is 12.5. The molecule has 98 valence electrons. The molecule has 0 rings (SSSR count). The van der Waals surface area contributed by atoms with Crippen molar-refractivity contribution in [3.8, 4) is 0 Å². The molecule has 0 aliphatic heterocycles. The third-order valence-corrected chi connectivity index (χ3v) is 1.43. The molecule has 0 spiro atoms.